The van der Waals surface area contributed by atoms with Gasteiger partial charge in [0.05, 0.1) is 6.04 Å². The van der Waals surface area contributed by atoms with E-state index in [4.69, 9.17) is 10.3 Å². The SMILES string of the molecule is CCC[C@@H](N)c1nc(C2(C)CC2)no1. The lowest BCUT2D eigenvalue weighted by Gasteiger charge is -2.02. The van der Waals surface area contributed by atoms with E-state index < -0.39 is 0 Å². The smallest absolute Gasteiger partial charge is 0.243 e. The summed E-state index contributed by atoms with van der Waals surface area (Å²) in [4.78, 5) is 4.36. The van der Waals surface area contributed by atoms with Gasteiger partial charge in [-0.1, -0.05) is 25.4 Å². The Hall–Kier alpha value is -0.900. The third-order valence-corrected chi connectivity index (χ3v) is 2.90. The topological polar surface area (TPSA) is 64.9 Å². The molecule has 0 radical (unpaired) electrons. The highest BCUT2D eigenvalue weighted by atomic mass is 16.5. The van der Waals surface area contributed by atoms with Gasteiger partial charge in [0.25, 0.3) is 0 Å². The summed E-state index contributed by atoms with van der Waals surface area (Å²) >= 11 is 0. The van der Waals surface area contributed by atoms with Crippen molar-refractivity contribution in [2.75, 3.05) is 0 Å². The van der Waals surface area contributed by atoms with E-state index in [1.807, 2.05) is 0 Å². The second-order valence-corrected chi connectivity index (χ2v) is 4.41. The highest BCUT2D eigenvalue weighted by Crippen LogP contribution is 2.46. The summed E-state index contributed by atoms with van der Waals surface area (Å²) in [5.74, 6) is 1.43. The van der Waals surface area contributed by atoms with Gasteiger partial charge in [0.15, 0.2) is 5.82 Å². The normalized spacial score (nSPS) is 20.8. The van der Waals surface area contributed by atoms with Gasteiger partial charge in [0.2, 0.25) is 5.89 Å². The molecule has 14 heavy (non-hydrogen) atoms. The van der Waals surface area contributed by atoms with Crippen LogP contribution in [0.3, 0.4) is 0 Å². The van der Waals surface area contributed by atoms with E-state index in [1.54, 1.807) is 0 Å². The van der Waals surface area contributed by atoms with Crippen LogP contribution < -0.4 is 5.73 Å². The fourth-order valence-corrected chi connectivity index (χ4v) is 1.48. The monoisotopic (exact) mass is 195 g/mol. The zero-order valence-electron chi connectivity index (χ0n) is 8.79. The molecule has 1 saturated carbocycles. The van der Waals surface area contributed by atoms with Crippen molar-refractivity contribution >= 4 is 0 Å². The van der Waals surface area contributed by atoms with E-state index in [0.29, 0.717) is 5.89 Å². The quantitative estimate of drug-likeness (QED) is 0.797. The van der Waals surface area contributed by atoms with Crippen molar-refractivity contribution < 1.29 is 4.52 Å². The molecule has 4 nitrogen and oxygen atoms in total. The van der Waals surface area contributed by atoms with Crippen molar-refractivity contribution in [3.63, 3.8) is 0 Å². The Bertz CT molecular complexity index is 317. The molecule has 1 aliphatic rings. The third-order valence-electron chi connectivity index (χ3n) is 2.90. The number of rotatable bonds is 4. The molecule has 0 aromatic carbocycles. The molecule has 0 spiro atoms. The molecule has 4 heteroatoms. The van der Waals surface area contributed by atoms with Crippen molar-refractivity contribution in [1.82, 2.24) is 10.1 Å². The highest BCUT2D eigenvalue weighted by molar-refractivity contribution is 5.14. The molecule has 0 amide bonds. The van der Waals surface area contributed by atoms with Crippen LogP contribution in [0, 0.1) is 0 Å². The first-order valence-corrected chi connectivity index (χ1v) is 5.25. The van der Waals surface area contributed by atoms with E-state index in [-0.39, 0.29) is 11.5 Å². The van der Waals surface area contributed by atoms with Crippen LogP contribution in [0.15, 0.2) is 4.52 Å². The van der Waals surface area contributed by atoms with Gasteiger partial charge in [0.1, 0.15) is 0 Å². The highest BCUT2D eigenvalue weighted by Gasteiger charge is 2.43. The summed E-state index contributed by atoms with van der Waals surface area (Å²) in [6, 6.07) is -0.0939. The van der Waals surface area contributed by atoms with Gasteiger partial charge in [-0.15, -0.1) is 0 Å². The van der Waals surface area contributed by atoms with Gasteiger partial charge in [-0.25, -0.2) is 0 Å². The fourth-order valence-electron chi connectivity index (χ4n) is 1.48. The molecule has 78 valence electrons. The van der Waals surface area contributed by atoms with Gasteiger partial charge in [-0.3, -0.25) is 0 Å². The van der Waals surface area contributed by atoms with Crippen LogP contribution in [0.4, 0.5) is 0 Å². The maximum absolute atomic E-state index is 5.89. The Morgan fingerprint density at radius 2 is 2.29 bits per heavy atom. The van der Waals surface area contributed by atoms with Crippen molar-refractivity contribution in [3.05, 3.63) is 11.7 Å². The van der Waals surface area contributed by atoms with Gasteiger partial charge >= 0.3 is 0 Å². The van der Waals surface area contributed by atoms with Crippen molar-refractivity contribution in [3.8, 4) is 0 Å². The summed E-state index contributed by atoms with van der Waals surface area (Å²) in [5.41, 5.74) is 6.06. The van der Waals surface area contributed by atoms with Crippen LogP contribution in [0.5, 0.6) is 0 Å². The lowest BCUT2D eigenvalue weighted by molar-refractivity contribution is 0.342. The minimum absolute atomic E-state index is 0.0939. The molecule has 0 bridgehead atoms. The van der Waals surface area contributed by atoms with Crippen LogP contribution >= 0.6 is 0 Å². The Kier molecular flexibility index (Phi) is 2.31. The molecule has 1 atom stereocenters. The summed E-state index contributed by atoms with van der Waals surface area (Å²) < 4.78 is 5.16. The number of nitrogens with zero attached hydrogens (tertiary/aromatic N) is 2. The van der Waals surface area contributed by atoms with Crippen LogP contribution in [0.25, 0.3) is 0 Å². The first-order valence-electron chi connectivity index (χ1n) is 5.25. The molecule has 0 saturated heterocycles. The largest absolute Gasteiger partial charge is 0.338 e. The lowest BCUT2D eigenvalue weighted by Crippen LogP contribution is -2.11. The average Bonchev–Trinajstić information content (AvgIpc) is 2.72. The molecule has 1 aromatic heterocycles. The predicted octanol–water partition coefficient (Wildman–Crippen LogP) is 1.92. The lowest BCUT2D eigenvalue weighted by atomic mass is 10.1. The molecule has 1 aromatic rings. The summed E-state index contributed by atoms with van der Waals surface area (Å²) in [5, 5.41) is 3.99. The Labute approximate surface area is 83.9 Å². The molecule has 2 N–H and O–H groups in total. The molecule has 1 heterocycles. The molecular weight excluding hydrogens is 178 g/mol. The minimum Gasteiger partial charge on any atom is -0.338 e. The number of aromatic nitrogens is 2. The first kappa shape index (κ1) is 9.65. The minimum atomic E-state index is -0.0939. The average molecular weight is 195 g/mol. The van der Waals surface area contributed by atoms with Gasteiger partial charge in [-0.2, -0.15) is 4.98 Å². The molecule has 0 aliphatic heterocycles. The Morgan fingerprint density at radius 1 is 1.57 bits per heavy atom. The Morgan fingerprint density at radius 3 is 2.86 bits per heavy atom. The zero-order valence-corrected chi connectivity index (χ0v) is 8.79. The Balaban J connectivity index is 2.09. The van der Waals surface area contributed by atoms with E-state index in [2.05, 4.69) is 24.0 Å². The van der Waals surface area contributed by atoms with Crippen LogP contribution in [-0.4, -0.2) is 10.1 Å². The van der Waals surface area contributed by atoms with Gasteiger partial charge in [0, 0.05) is 5.41 Å². The molecular formula is C10H17N3O. The number of hydrogen-bond donors (Lipinski definition) is 1. The third kappa shape index (κ3) is 1.66. The van der Waals surface area contributed by atoms with Crippen molar-refractivity contribution in [2.24, 2.45) is 5.73 Å². The number of hydrogen-bond acceptors (Lipinski definition) is 4. The molecule has 1 aliphatic carbocycles. The van der Waals surface area contributed by atoms with E-state index >= 15 is 0 Å². The predicted molar refractivity (Wildman–Crippen MR) is 52.7 cm³/mol. The molecule has 2 rings (SSSR count). The van der Waals surface area contributed by atoms with E-state index in [9.17, 15) is 0 Å². The van der Waals surface area contributed by atoms with Crippen LogP contribution in [0.2, 0.25) is 0 Å². The summed E-state index contributed by atoms with van der Waals surface area (Å²) in [6.07, 6.45) is 4.26. The maximum Gasteiger partial charge on any atom is 0.243 e. The van der Waals surface area contributed by atoms with Crippen LogP contribution in [0.1, 0.15) is 57.3 Å². The number of nitrogens with two attached hydrogens (primary N) is 1. The van der Waals surface area contributed by atoms with Crippen molar-refractivity contribution in [1.29, 1.82) is 0 Å². The standard InChI is InChI=1S/C10H17N3O/c1-3-4-7(11)8-12-9(13-14-8)10(2)5-6-10/h7H,3-6,11H2,1-2H3/t7-/m1/s1. The fraction of sp³-hybridized carbons (Fsp3) is 0.800. The maximum atomic E-state index is 5.89. The second kappa shape index (κ2) is 3.35. The first-order chi connectivity index (χ1) is 6.65. The van der Waals surface area contributed by atoms with E-state index in [0.717, 1.165) is 31.5 Å². The van der Waals surface area contributed by atoms with Crippen molar-refractivity contribution in [2.45, 2.75) is 51.0 Å². The van der Waals surface area contributed by atoms with Gasteiger partial charge in [-0.05, 0) is 19.3 Å². The second-order valence-electron chi connectivity index (χ2n) is 4.41. The molecule has 1 fully saturated rings. The van der Waals surface area contributed by atoms with Crippen LogP contribution in [-0.2, 0) is 5.41 Å². The molecule has 0 unspecified atom stereocenters. The summed E-state index contributed by atoms with van der Waals surface area (Å²) in [6.45, 7) is 4.26. The van der Waals surface area contributed by atoms with E-state index in [1.165, 1.54) is 0 Å². The zero-order chi connectivity index (χ0) is 10.2. The summed E-state index contributed by atoms with van der Waals surface area (Å²) in [7, 11) is 0. The van der Waals surface area contributed by atoms with Gasteiger partial charge < -0.3 is 10.3 Å².